The van der Waals surface area contributed by atoms with E-state index in [-0.39, 0.29) is 0 Å². The first-order valence-corrected chi connectivity index (χ1v) is 5.81. The molecule has 1 saturated heterocycles. The molecule has 4 nitrogen and oxygen atoms in total. The molecule has 1 N–H and O–H groups in total. The molecule has 1 rings (SSSR count). The smallest absolute Gasteiger partial charge is 0.0700 e. The van der Waals surface area contributed by atoms with Crippen LogP contribution < -0.4 is 5.32 Å². The van der Waals surface area contributed by atoms with Crippen molar-refractivity contribution in [2.75, 3.05) is 53.6 Å². The summed E-state index contributed by atoms with van der Waals surface area (Å²) in [7, 11) is 3.85. The van der Waals surface area contributed by atoms with Crippen LogP contribution in [0.3, 0.4) is 0 Å². The molecule has 0 amide bonds. The first kappa shape index (κ1) is 12.9. The molecule has 15 heavy (non-hydrogen) atoms. The van der Waals surface area contributed by atoms with Gasteiger partial charge >= 0.3 is 0 Å². The maximum absolute atomic E-state index is 5.42. The molecule has 1 aliphatic heterocycles. The molecule has 1 unspecified atom stereocenters. The molecule has 1 heterocycles. The topological polar surface area (TPSA) is 33.7 Å². The Morgan fingerprint density at radius 1 is 1.33 bits per heavy atom. The number of rotatable bonds is 8. The lowest BCUT2D eigenvalue weighted by Gasteiger charge is -2.20. The standard InChI is InChI=1S/C11H24N2O2/c1-13(6-7-15-9-8-14-2)10-11-4-3-5-12-11/h11-12H,3-10H2,1-2H3. The highest BCUT2D eigenvalue weighted by molar-refractivity contribution is 4.76. The van der Waals surface area contributed by atoms with Crippen molar-refractivity contribution in [1.82, 2.24) is 10.2 Å². The summed E-state index contributed by atoms with van der Waals surface area (Å²) < 4.78 is 10.3. The fourth-order valence-corrected chi connectivity index (χ4v) is 1.84. The summed E-state index contributed by atoms with van der Waals surface area (Å²) in [5.41, 5.74) is 0. The SMILES string of the molecule is COCCOCCN(C)CC1CCCN1. The van der Waals surface area contributed by atoms with Crippen molar-refractivity contribution in [1.29, 1.82) is 0 Å². The molecule has 90 valence electrons. The molecule has 0 aromatic heterocycles. The second-order valence-electron chi connectivity index (χ2n) is 4.16. The van der Waals surface area contributed by atoms with Crippen LogP contribution in [0.25, 0.3) is 0 Å². The third-order valence-corrected chi connectivity index (χ3v) is 2.74. The minimum Gasteiger partial charge on any atom is -0.382 e. The van der Waals surface area contributed by atoms with Crippen LogP contribution >= 0.6 is 0 Å². The molecule has 1 atom stereocenters. The van der Waals surface area contributed by atoms with Crippen molar-refractivity contribution in [3.05, 3.63) is 0 Å². The number of hydrogen-bond acceptors (Lipinski definition) is 4. The second-order valence-corrected chi connectivity index (χ2v) is 4.16. The zero-order chi connectivity index (χ0) is 10.9. The van der Waals surface area contributed by atoms with Gasteiger partial charge in [0, 0.05) is 26.2 Å². The van der Waals surface area contributed by atoms with E-state index in [9.17, 15) is 0 Å². The lowest BCUT2D eigenvalue weighted by Crippen LogP contribution is -2.36. The van der Waals surface area contributed by atoms with Gasteiger partial charge in [-0.25, -0.2) is 0 Å². The van der Waals surface area contributed by atoms with E-state index in [4.69, 9.17) is 9.47 Å². The number of methoxy groups -OCH3 is 1. The Morgan fingerprint density at radius 2 is 2.20 bits per heavy atom. The summed E-state index contributed by atoms with van der Waals surface area (Å²) >= 11 is 0. The molecular formula is C11H24N2O2. The molecule has 0 aromatic rings. The van der Waals surface area contributed by atoms with Crippen molar-refractivity contribution < 1.29 is 9.47 Å². The number of likely N-dealkylation sites (N-methyl/N-ethyl adjacent to an activating group) is 1. The van der Waals surface area contributed by atoms with E-state index in [1.165, 1.54) is 19.4 Å². The zero-order valence-corrected chi connectivity index (χ0v) is 10.00. The summed E-state index contributed by atoms with van der Waals surface area (Å²) in [5.74, 6) is 0. The molecule has 1 fully saturated rings. The lowest BCUT2D eigenvalue weighted by molar-refractivity contribution is 0.0597. The fourth-order valence-electron chi connectivity index (χ4n) is 1.84. The normalized spacial score (nSPS) is 21.4. The van der Waals surface area contributed by atoms with E-state index in [0.717, 1.165) is 19.7 Å². The molecule has 0 radical (unpaired) electrons. The number of ether oxygens (including phenoxy) is 2. The van der Waals surface area contributed by atoms with Gasteiger partial charge in [-0.2, -0.15) is 0 Å². The summed E-state index contributed by atoms with van der Waals surface area (Å²) in [6.07, 6.45) is 2.64. The van der Waals surface area contributed by atoms with Gasteiger partial charge in [0.15, 0.2) is 0 Å². The third-order valence-electron chi connectivity index (χ3n) is 2.74. The van der Waals surface area contributed by atoms with E-state index in [1.807, 2.05) is 0 Å². The van der Waals surface area contributed by atoms with Gasteiger partial charge in [0.1, 0.15) is 0 Å². The van der Waals surface area contributed by atoms with Gasteiger partial charge in [-0.15, -0.1) is 0 Å². The van der Waals surface area contributed by atoms with Crippen molar-refractivity contribution >= 4 is 0 Å². The van der Waals surface area contributed by atoms with Gasteiger partial charge in [-0.1, -0.05) is 0 Å². The largest absolute Gasteiger partial charge is 0.382 e. The van der Waals surface area contributed by atoms with Crippen molar-refractivity contribution in [2.24, 2.45) is 0 Å². The van der Waals surface area contributed by atoms with Crippen LogP contribution in [0.2, 0.25) is 0 Å². The van der Waals surface area contributed by atoms with E-state index in [2.05, 4.69) is 17.3 Å². The average Bonchev–Trinajstić information content (AvgIpc) is 2.70. The van der Waals surface area contributed by atoms with Crippen LogP contribution in [-0.4, -0.2) is 64.6 Å². The van der Waals surface area contributed by atoms with Crippen molar-refractivity contribution in [3.8, 4) is 0 Å². The Bertz CT molecular complexity index is 150. The second kappa shape index (κ2) is 8.05. The third kappa shape index (κ3) is 6.10. The Kier molecular flexibility index (Phi) is 6.92. The van der Waals surface area contributed by atoms with Crippen molar-refractivity contribution in [3.63, 3.8) is 0 Å². The Labute approximate surface area is 92.9 Å². The molecule has 1 aliphatic rings. The summed E-state index contributed by atoms with van der Waals surface area (Å²) in [6.45, 7) is 5.50. The number of nitrogens with zero attached hydrogens (tertiary/aromatic N) is 1. The molecular weight excluding hydrogens is 192 g/mol. The van der Waals surface area contributed by atoms with E-state index in [1.54, 1.807) is 7.11 Å². The molecule has 0 aliphatic carbocycles. The summed E-state index contributed by atoms with van der Waals surface area (Å²) in [6, 6.07) is 0.689. The lowest BCUT2D eigenvalue weighted by atomic mass is 10.2. The van der Waals surface area contributed by atoms with Gasteiger partial charge in [0.25, 0.3) is 0 Å². The van der Waals surface area contributed by atoms with Crippen LogP contribution in [0.1, 0.15) is 12.8 Å². The Balaban J connectivity index is 1.91. The van der Waals surface area contributed by atoms with Crippen LogP contribution in [0, 0.1) is 0 Å². The Hall–Kier alpha value is -0.160. The van der Waals surface area contributed by atoms with Crippen LogP contribution in [0.5, 0.6) is 0 Å². The predicted molar refractivity (Wildman–Crippen MR) is 61.2 cm³/mol. The van der Waals surface area contributed by atoms with Crippen LogP contribution in [0.15, 0.2) is 0 Å². The predicted octanol–water partition coefficient (Wildman–Crippen LogP) is 0.333. The maximum atomic E-state index is 5.42. The molecule has 0 spiro atoms. The van der Waals surface area contributed by atoms with Gasteiger partial charge in [0.2, 0.25) is 0 Å². The molecule has 4 heteroatoms. The highest BCUT2D eigenvalue weighted by Crippen LogP contribution is 2.05. The first-order chi connectivity index (χ1) is 7.33. The van der Waals surface area contributed by atoms with Gasteiger partial charge in [-0.05, 0) is 26.4 Å². The van der Waals surface area contributed by atoms with Gasteiger partial charge < -0.3 is 19.7 Å². The fraction of sp³-hybridized carbons (Fsp3) is 1.00. The highest BCUT2D eigenvalue weighted by Gasteiger charge is 2.15. The molecule has 0 aromatic carbocycles. The average molecular weight is 216 g/mol. The molecule has 0 saturated carbocycles. The van der Waals surface area contributed by atoms with E-state index < -0.39 is 0 Å². The van der Waals surface area contributed by atoms with Gasteiger partial charge in [-0.3, -0.25) is 0 Å². The first-order valence-electron chi connectivity index (χ1n) is 5.81. The monoisotopic (exact) mass is 216 g/mol. The van der Waals surface area contributed by atoms with Crippen LogP contribution in [-0.2, 0) is 9.47 Å². The highest BCUT2D eigenvalue weighted by atomic mass is 16.5. The van der Waals surface area contributed by atoms with Crippen LogP contribution in [0.4, 0.5) is 0 Å². The van der Waals surface area contributed by atoms with Gasteiger partial charge in [0.05, 0.1) is 19.8 Å². The molecule has 0 bridgehead atoms. The minimum atomic E-state index is 0.688. The number of hydrogen-bond donors (Lipinski definition) is 1. The Morgan fingerprint density at radius 3 is 2.87 bits per heavy atom. The van der Waals surface area contributed by atoms with E-state index >= 15 is 0 Å². The number of nitrogens with one attached hydrogen (secondary N) is 1. The summed E-state index contributed by atoms with van der Waals surface area (Å²) in [4.78, 5) is 2.33. The minimum absolute atomic E-state index is 0.688. The van der Waals surface area contributed by atoms with Crippen molar-refractivity contribution in [2.45, 2.75) is 18.9 Å². The quantitative estimate of drug-likeness (QED) is 0.593. The van der Waals surface area contributed by atoms with E-state index in [0.29, 0.717) is 19.3 Å². The summed E-state index contributed by atoms with van der Waals surface area (Å²) in [5, 5.41) is 3.50. The maximum Gasteiger partial charge on any atom is 0.0700 e. The zero-order valence-electron chi connectivity index (χ0n) is 10.00.